The minimum absolute atomic E-state index is 0.0606. The number of benzene rings is 2. The molecule has 146 valence electrons. The molecule has 0 fully saturated rings. The fraction of sp³-hybridized carbons (Fsp3) is 0.316. The van der Waals surface area contributed by atoms with Crippen LogP contribution in [-0.4, -0.2) is 41.6 Å². The third-order valence-electron chi connectivity index (χ3n) is 4.00. The van der Waals surface area contributed by atoms with Crippen LogP contribution < -0.4 is 19.1 Å². The largest absolute Gasteiger partial charge is 0.497 e. The van der Waals surface area contributed by atoms with E-state index in [4.69, 9.17) is 9.47 Å². The number of nitrogens with zero attached hydrogens (tertiary/aromatic N) is 1. The third kappa shape index (κ3) is 5.21. The number of methoxy groups -OCH3 is 2. The summed E-state index contributed by atoms with van der Waals surface area (Å²) in [5.41, 5.74) is 1.57. The minimum Gasteiger partial charge on any atom is -0.497 e. The van der Waals surface area contributed by atoms with Gasteiger partial charge in [-0.3, -0.25) is 4.79 Å². The number of amides is 1. The Morgan fingerprint density at radius 2 is 1.74 bits per heavy atom. The fourth-order valence-corrected chi connectivity index (χ4v) is 3.61. The topological polar surface area (TPSA) is 84.9 Å². The highest BCUT2D eigenvalue weighted by Gasteiger charge is 2.19. The SMILES string of the molecule is COc1ccc(S(=O)(=O)NCCN(C(C)=O)c2cc(C)ccc2OC)cc1. The zero-order valence-corrected chi connectivity index (χ0v) is 16.7. The molecule has 0 aromatic heterocycles. The molecule has 0 heterocycles. The van der Waals surface area contributed by atoms with E-state index < -0.39 is 10.0 Å². The van der Waals surface area contributed by atoms with Crippen LogP contribution in [0.3, 0.4) is 0 Å². The lowest BCUT2D eigenvalue weighted by Crippen LogP contribution is -2.37. The van der Waals surface area contributed by atoms with Gasteiger partial charge in [-0.2, -0.15) is 0 Å². The summed E-state index contributed by atoms with van der Waals surface area (Å²) in [7, 11) is -0.649. The lowest BCUT2D eigenvalue weighted by molar-refractivity contribution is -0.116. The molecule has 0 saturated carbocycles. The van der Waals surface area contributed by atoms with Crippen LogP contribution in [-0.2, 0) is 14.8 Å². The van der Waals surface area contributed by atoms with Crippen molar-refractivity contribution in [2.75, 3.05) is 32.2 Å². The molecule has 8 heteroatoms. The first-order valence-corrected chi connectivity index (χ1v) is 9.83. The van der Waals surface area contributed by atoms with Crippen molar-refractivity contribution in [1.82, 2.24) is 4.72 Å². The summed E-state index contributed by atoms with van der Waals surface area (Å²) in [4.78, 5) is 13.7. The van der Waals surface area contributed by atoms with Crippen LogP contribution in [0.2, 0.25) is 0 Å². The van der Waals surface area contributed by atoms with E-state index in [9.17, 15) is 13.2 Å². The number of carbonyl (C=O) groups excluding carboxylic acids is 1. The van der Waals surface area contributed by atoms with E-state index in [-0.39, 0.29) is 23.9 Å². The first-order valence-electron chi connectivity index (χ1n) is 8.35. The maximum absolute atomic E-state index is 12.4. The van der Waals surface area contributed by atoms with Crippen molar-refractivity contribution < 1.29 is 22.7 Å². The second-order valence-corrected chi connectivity index (χ2v) is 7.69. The second kappa shape index (κ2) is 8.88. The van der Waals surface area contributed by atoms with Crippen LogP contribution in [0.5, 0.6) is 11.5 Å². The van der Waals surface area contributed by atoms with E-state index in [1.54, 1.807) is 18.2 Å². The first kappa shape index (κ1) is 20.7. The molecule has 0 atom stereocenters. The van der Waals surface area contributed by atoms with Crippen LogP contribution in [0, 0.1) is 6.92 Å². The first-order chi connectivity index (χ1) is 12.8. The molecule has 1 amide bonds. The number of ether oxygens (including phenoxy) is 2. The van der Waals surface area contributed by atoms with Gasteiger partial charge >= 0.3 is 0 Å². The molecule has 0 saturated heterocycles. The molecule has 0 unspecified atom stereocenters. The van der Waals surface area contributed by atoms with Crippen LogP contribution in [0.1, 0.15) is 12.5 Å². The second-order valence-electron chi connectivity index (χ2n) is 5.92. The molecule has 1 N–H and O–H groups in total. The number of hydrogen-bond acceptors (Lipinski definition) is 5. The number of anilines is 1. The summed E-state index contributed by atoms with van der Waals surface area (Å²) in [5, 5.41) is 0. The number of carbonyl (C=O) groups is 1. The Bertz CT molecular complexity index is 895. The number of aryl methyl sites for hydroxylation is 1. The minimum atomic E-state index is -3.69. The van der Waals surface area contributed by atoms with Gasteiger partial charge in [0.05, 0.1) is 24.8 Å². The Kier molecular flexibility index (Phi) is 6.81. The molecule has 2 rings (SSSR count). The molecule has 7 nitrogen and oxygen atoms in total. The lowest BCUT2D eigenvalue weighted by atomic mass is 10.2. The molecule has 0 bridgehead atoms. The summed E-state index contributed by atoms with van der Waals surface area (Å²) in [6, 6.07) is 11.6. The summed E-state index contributed by atoms with van der Waals surface area (Å²) >= 11 is 0. The van der Waals surface area contributed by atoms with Gasteiger partial charge in [-0.1, -0.05) is 6.07 Å². The Morgan fingerprint density at radius 3 is 2.30 bits per heavy atom. The van der Waals surface area contributed by atoms with Gasteiger partial charge in [0.1, 0.15) is 11.5 Å². The number of hydrogen-bond donors (Lipinski definition) is 1. The molecule has 0 aliphatic heterocycles. The summed E-state index contributed by atoms with van der Waals surface area (Å²) < 4.78 is 37.7. The van der Waals surface area contributed by atoms with Crippen LogP contribution >= 0.6 is 0 Å². The average molecular weight is 392 g/mol. The Balaban J connectivity index is 2.12. The quantitative estimate of drug-likeness (QED) is 0.745. The van der Waals surface area contributed by atoms with E-state index in [0.717, 1.165) is 5.56 Å². The van der Waals surface area contributed by atoms with Crippen molar-refractivity contribution in [3.8, 4) is 11.5 Å². The van der Waals surface area contributed by atoms with Gasteiger partial charge in [0, 0.05) is 20.0 Å². The van der Waals surface area contributed by atoms with Gasteiger partial charge in [-0.15, -0.1) is 0 Å². The van der Waals surface area contributed by atoms with Crippen molar-refractivity contribution in [1.29, 1.82) is 0 Å². The molecule has 2 aromatic rings. The van der Waals surface area contributed by atoms with Crippen LogP contribution in [0.15, 0.2) is 47.4 Å². The predicted molar refractivity (Wildman–Crippen MR) is 104 cm³/mol. The number of nitrogens with one attached hydrogen (secondary N) is 1. The Morgan fingerprint density at radius 1 is 1.07 bits per heavy atom. The van der Waals surface area contributed by atoms with Crippen molar-refractivity contribution in [2.45, 2.75) is 18.7 Å². The van der Waals surface area contributed by atoms with Crippen molar-refractivity contribution in [3.63, 3.8) is 0 Å². The molecule has 0 aliphatic rings. The zero-order valence-electron chi connectivity index (χ0n) is 15.9. The van der Waals surface area contributed by atoms with E-state index in [1.807, 2.05) is 19.1 Å². The molecule has 2 aromatic carbocycles. The van der Waals surface area contributed by atoms with Gasteiger partial charge in [0.25, 0.3) is 0 Å². The lowest BCUT2D eigenvalue weighted by Gasteiger charge is -2.24. The highest BCUT2D eigenvalue weighted by molar-refractivity contribution is 7.89. The summed E-state index contributed by atoms with van der Waals surface area (Å²) in [6.45, 7) is 3.57. The standard InChI is InChI=1S/C19H24N2O5S/c1-14-5-10-19(26-4)18(13-14)21(15(2)22)12-11-20-27(23,24)17-8-6-16(25-3)7-9-17/h5-10,13,20H,11-12H2,1-4H3. The smallest absolute Gasteiger partial charge is 0.240 e. The van der Waals surface area contributed by atoms with Crippen molar-refractivity contribution in [2.24, 2.45) is 0 Å². The van der Waals surface area contributed by atoms with E-state index >= 15 is 0 Å². The normalized spacial score (nSPS) is 11.1. The van der Waals surface area contributed by atoms with Crippen LogP contribution in [0.4, 0.5) is 5.69 Å². The highest BCUT2D eigenvalue weighted by atomic mass is 32.2. The Labute approximate surface area is 160 Å². The van der Waals surface area contributed by atoms with Crippen molar-refractivity contribution in [3.05, 3.63) is 48.0 Å². The van der Waals surface area contributed by atoms with Gasteiger partial charge in [-0.05, 0) is 48.9 Å². The highest BCUT2D eigenvalue weighted by Crippen LogP contribution is 2.29. The third-order valence-corrected chi connectivity index (χ3v) is 5.48. The monoisotopic (exact) mass is 392 g/mol. The molecule has 0 aliphatic carbocycles. The fourth-order valence-electron chi connectivity index (χ4n) is 2.59. The average Bonchev–Trinajstić information content (AvgIpc) is 2.65. The molecular weight excluding hydrogens is 368 g/mol. The molecule has 27 heavy (non-hydrogen) atoms. The van der Waals surface area contributed by atoms with Gasteiger partial charge < -0.3 is 14.4 Å². The number of rotatable bonds is 8. The van der Waals surface area contributed by atoms with E-state index in [2.05, 4.69) is 4.72 Å². The maximum atomic E-state index is 12.4. The van der Waals surface area contributed by atoms with Gasteiger partial charge in [-0.25, -0.2) is 13.1 Å². The van der Waals surface area contributed by atoms with E-state index in [1.165, 1.54) is 38.2 Å². The zero-order chi connectivity index (χ0) is 20.0. The molecular formula is C19H24N2O5S. The molecule has 0 spiro atoms. The van der Waals surface area contributed by atoms with Crippen molar-refractivity contribution >= 4 is 21.6 Å². The summed E-state index contributed by atoms with van der Waals surface area (Å²) in [5.74, 6) is 0.916. The predicted octanol–water partition coefficient (Wildman–Crippen LogP) is 2.34. The van der Waals surface area contributed by atoms with Gasteiger partial charge in [0.2, 0.25) is 15.9 Å². The number of sulfonamides is 1. The molecule has 0 radical (unpaired) electrons. The van der Waals surface area contributed by atoms with Gasteiger partial charge in [0.15, 0.2) is 0 Å². The maximum Gasteiger partial charge on any atom is 0.240 e. The van der Waals surface area contributed by atoms with E-state index in [0.29, 0.717) is 17.2 Å². The van der Waals surface area contributed by atoms with Crippen LogP contribution in [0.25, 0.3) is 0 Å². The Hall–Kier alpha value is -2.58. The summed E-state index contributed by atoms with van der Waals surface area (Å²) in [6.07, 6.45) is 0.